The first-order chi connectivity index (χ1) is 9.11. The van der Waals surface area contributed by atoms with E-state index >= 15 is 0 Å². The largest absolute Gasteiger partial charge is 0.309 e. The maximum atomic E-state index is 11.8. The minimum Gasteiger partial charge on any atom is -0.309 e. The van der Waals surface area contributed by atoms with Gasteiger partial charge in [0.1, 0.15) is 10.3 Å². The Morgan fingerprint density at radius 1 is 1.37 bits per heavy atom. The fraction of sp³-hybridized carbons (Fsp3) is 0.286. The van der Waals surface area contributed by atoms with Crippen molar-refractivity contribution in [2.75, 3.05) is 0 Å². The number of H-pyrrole nitrogens is 1. The summed E-state index contributed by atoms with van der Waals surface area (Å²) in [6, 6.07) is 7.57. The Hall–Kier alpha value is -1.13. The van der Waals surface area contributed by atoms with Gasteiger partial charge in [-0.05, 0) is 34.0 Å². The third-order valence-electron chi connectivity index (χ3n) is 2.78. The van der Waals surface area contributed by atoms with Crippen molar-refractivity contribution in [1.82, 2.24) is 9.97 Å². The van der Waals surface area contributed by atoms with E-state index in [1.807, 2.05) is 24.3 Å². The van der Waals surface area contributed by atoms with E-state index in [0.29, 0.717) is 21.7 Å². The van der Waals surface area contributed by atoms with Crippen LogP contribution in [0, 0.1) is 0 Å². The monoisotopic (exact) mass is 340 g/mol. The van der Waals surface area contributed by atoms with Crippen LogP contribution in [0.4, 0.5) is 0 Å². The van der Waals surface area contributed by atoms with Gasteiger partial charge in [-0.25, -0.2) is 4.98 Å². The molecule has 1 aromatic carbocycles. The molecule has 1 heterocycles. The van der Waals surface area contributed by atoms with Gasteiger partial charge >= 0.3 is 0 Å². The van der Waals surface area contributed by atoms with E-state index < -0.39 is 0 Å². The summed E-state index contributed by atoms with van der Waals surface area (Å²) < 4.78 is 0.525. The van der Waals surface area contributed by atoms with Crippen LogP contribution in [0.1, 0.15) is 30.4 Å². The average molecular weight is 342 g/mol. The molecule has 1 aromatic heterocycles. The second-order valence-electron chi connectivity index (χ2n) is 4.29. The van der Waals surface area contributed by atoms with Gasteiger partial charge in [0.05, 0.1) is 5.69 Å². The molecular formula is C14H14BrClN2O. The summed E-state index contributed by atoms with van der Waals surface area (Å²) in [6.45, 7) is 2.06. The van der Waals surface area contributed by atoms with Crippen molar-refractivity contribution in [2.24, 2.45) is 0 Å². The van der Waals surface area contributed by atoms with Gasteiger partial charge in [-0.15, -0.1) is 0 Å². The van der Waals surface area contributed by atoms with Crippen molar-refractivity contribution >= 4 is 27.5 Å². The molecule has 0 saturated carbocycles. The van der Waals surface area contributed by atoms with Crippen LogP contribution in [0.2, 0.25) is 5.02 Å². The molecule has 0 amide bonds. The lowest BCUT2D eigenvalue weighted by Gasteiger charge is -2.07. The fourth-order valence-electron chi connectivity index (χ4n) is 1.87. The summed E-state index contributed by atoms with van der Waals surface area (Å²) in [6.07, 6.45) is 2.25. The number of hydrogen-bond donors (Lipinski definition) is 1. The molecule has 0 aliphatic heterocycles. The van der Waals surface area contributed by atoms with Gasteiger partial charge < -0.3 is 4.98 Å². The lowest BCUT2D eigenvalue weighted by atomic mass is 10.1. The molecule has 0 radical (unpaired) electrons. The lowest BCUT2D eigenvalue weighted by molar-refractivity contribution is 0.823. The topological polar surface area (TPSA) is 45.8 Å². The molecule has 19 heavy (non-hydrogen) atoms. The van der Waals surface area contributed by atoms with E-state index in [9.17, 15) is 4.79 Å². The first kappa shape index (κ1) is 14.3. The minimum absolute atomic E-state index is 0.138. The van der Waals surface area contributed by atoms with E-state index in [1.165, 1.54) is 0 Å². The first-order valence-corrected chi connectivity index (χ1v) is 7.30. The molecular weight excluding hydrogens is 328 g/mol. The second-order valence-corrected chi connectivity index (χ2v) is 5.49. The van der Waals surface area contributed by atoms with Gasteiger partial charge in [-0.1, -0.05) is 43.1 Å². The average Bonchev–Trinajstić information content (AvgIpc) is 2.38. The molecule has 0 fully saturated rings. The van der Waals surface area contributed by atoms with Crippen LogP contribution in [0.15, 0.2) is 33.5 Å². The number of aromatic amines is 1. The number of nitrogens with zero attached hydrogens (tertiary/aromatic N) is 1. The zero-order chi connectivity index (χ0) is 13.8. The maximum Gasteiger partial charge on any atom is 0.265 e. The van der Waals surface area contributed by atoms with Gasteiger partial charge in [0.2, 0.25) is 0 Å². The van der Waals surface area contributed by atoms with Gasteiger partial charge in [0.25, 0.3) is 5.56 Å². The quantitative estimate of drug-likeness (QED) is 0.921. The Balaban J connectivity index is 2.36. The summed E-state index contributed by atoms with van der Waals surface area (Å²) in [4.78, 5) is 19.1. The van der Waals surface area contributed by atoms with Crippen LogP contribution in [0.25, 0.3) is 0 Å². The predicted octanol–water partition coefficient (Wildman–Crippen LogP) is 3.73. The highest BCUT2D eigenvalue weighted by molar-refractivity contribution is 9.10. The Morgan fingerprint density at radius 3 is 2.79 bits per heavy atom. The van der Waals surface area contributed by atoms with E-state index in [2.05, 4.69) is 32.8 Å². The van der Waals surface area contributed by atoms with Crippen molar-refractivity contribution in [1.29, 1.82) is 0 Å². The fourth-order valence-corrected chi connectivity index (χ4v) is 2.45. The van der Waals surface area contributed by atoms with Crippen molar-refractivity contribution in [2.45, 2.75) is 26.2 Å². The zero-order valence-electron chi connectivity index (χ0n) is 10.5. The van der Waals surface area contributed by atoms with Crippen LogP contribution >= 0.6 is 27.5 Å². The van der Waals surface area contributed by atoms with Crippen LogP contribution in [0.3, 0.4) is 0 Å². The minimum atomic E-state index is -0.138. The lowest BCUT2D eigenvalue weighted by Crippen LogP contribution is -2.16. The SMILES string of the molecule is CCCc1nc(Cc2ccccc2Cl)[nH]c(=O)c1Br. The highest BCUT2D eigenvalue weighted by Crippen LogP contribution is 2.18. The molecule has 0 aliphatic rings. The second kappa shape index (κ2) is 6.35. The van der Waals surface area contributed by atoms with E-state index in [4.69, 9.17) is 11.6 Å². The third-order valence-corrected chi connectivity index (χ3v) is 3.97. The number of aryl methyl sites for hydroxylation is 1. The molecule has 0 bridgehead atoms. The first-order valence-electron chi connectivity index (χ1n) is 6.12. The van der Waals surface area contributed by atoms with Crippen LogP contribution in [-0.2, 0) is 12.8 Å². The summed E-state index contributed by atoms with van der Waals surface area (Å²) in [5.74, 6) is 0.643. The predicted molar refractivity (Wildman–Crippen MR) is 80.8 cm³/mol. The molecule has 3 nitrogen and oxygen atoms in total. The van der Waals surface area contributed by atoms with Gasteiger partial charge in [-0.2, -0.15) is 0 Å². The Kier molecular flexibility index (Phi) is 4.77. The number of nitrogens with one attached hydrogen (secondary N) is 1. The molecule has 2 aromatic rings. The molecule has 0 saturated heterocycles. The molecule has 1 N–H and O–H groups in total. The normalized spacial score (nSPS) is 10.7. The van der Waals surface area contributed by atoms with Gasteiger partial charge in [-0.3, -0.25) is 4.79 Å². The molecule has 0 atom stereocenters. The Labute approximate surface area is 125 Å². The summed E-state index contributed by atoms with van der Waals surface area (Å²) >= 11 is 9.40. The van der Waals surface area contributed by atoms with Gasteiger partial charge in [0, 0.05) is 11.4 Å². The molecule has 5 heteroatoms. The molecule has 0 aliphatic carbocycles. The highest BCUT2D eigenvalue weighted by atomic mass is 79.9. The van der Waals surface area contributed by atoms with E-state index in [-0.39, 0.29) is 5.56 Å². The molecule has 0 unspecified atom stereocenters. The summed E-state index contributed by atoms with van der Waals surface area (Å²) in [5, 5.41) is 0.685. The highest BCUT2D eigenvalue weighted by Gasteiger charge is 2.09. The van der Waals surface area contributed by atoms with Crippen LogP contribution in [0.5, 0.6) is 0 Å². The van der Waals surface area contributed by atoms with Crippen molar-refractivity contribution in [3.8, 4) is 0 Å². The Bertz CT molecular complexity index is 640. The standard InChI is InChI=1S/C14H14BrClN2O/c1-2-5-11-13(15)14(19)18-12(17-11)8-9-6-3-4-7-10(9)16/h3-4,6-7H,2,5,8H2,1H3,(H,17,18,19). The van der Waals surface area contributed by atoms with E-state index in [0.717, 1.165) is 24.1 Å². The number of benzene rings is 1. The van der Waals surface area contributed by atoms with E-state index in [1.54, 1.807) is 0 Å². The van der Waals surface area contributed by atoms with Crippen molar-refractivity contribution < 1.29 is 0 Å². The zero-order valence-corrected chi connectivity index (χ0v) is 12.9. The number of rotatable bonds is 4. The van der Waals surface area contributed by atoms with Crippen molar-refractivity contribution in [3.63, 3.8) is 0 Å². The van der Waals surface area contributed by atoms with Crippen molar-refractivity contribution in [3.05, 3.63) is 61.2 Å². The smallest absolute Gasteiger partial charge is 0.265 e. The number of halogens is 2. The summed E-state index contributed by atoms with van der Waals surface area (Å²) in [7, 11) is 0. The third kappa shape index (κ3) is 3.45. The maximum absolute atomic E-state index is 11.8. The molecule has 2 rings (SSSR count). The summed E-state index contributed by atoms with van der Waals surface area (Å²) in [5.41, 5.74) is 1.62. The van der Waals surface area contributed by atoms with Gasteiger partial charge in [0.15, 0.2) is 0 Å². The molecule has 0 spiro atoms. The number of hydrogen-bond acceptors (Lipinski definition) is 2. The Morgan fingerprint density at radius 2 is 2.11 bits per heavy atom. The number of aromatic nitrogens is 2. The van der Waals surface area contributed by atoms with Crippen LogP contribution in [-0.4, -0.2) is 9.97 Å². The molecule has 100 valence electrons. The van der Waals surface area contributed by atoms with Crippen LogP contribution < -0.4 is 5.56 Å².